The number of halogens is 1. The fourth-order valence-corrected chi connectivity index (χ4v) is 1.92. The van der Waals surface area contributed by atoms with E-state index in [1.165, 1.54) is 0 Å². The highest BCUT2D eigenvalue weighted by atomic mass is 79.9. The van der Waals surface area contributed by atoms with Crippen LogP contribution < -0.4 is 5.32 Å². The predicted octanol–water partition coefficient (Wildman–Crippen LogP) is 2.99. The van der Waals surface area contributed by atoms with E-state index in [9.17, 15) is 5.11 Å². The van der Waals surface area contributed by atoms with Crippen LogP contribution in [0.2, 0.25) is 0 Å². The maximum atomic E-state index is 9.95. The van der Waals surface area contributed by atoms with Crippen molar-refractivity contribution in [2.45, 2.75) is 6.10 Å². The first-order chi connectivity index (χ1) is 8.25. The first-order valence-corrected chi connectivity index (χ1v) is 6.12. The summed E-state index contributed by atoms with van der Waals surface area (Å²) in [6.45, 7) is 0.473. The van der Waals surface area contributed by atoms with Gasteiger partial charge in [0.25, 0.3) is 0 Å². The largest absolute Gasteiger partial charge is 0.387 e. The molecule has 3 nitrogen and oxygen atoms in total. The van der Waals surface area contributed by atoms with Crippen molar-refractivity contribution >= 4 is 21.6 Å². The monoisotopic (exact) mass is 292 g/mol. The fraction of sp³-hybridized carbons (Fsp3) is 0.154. The Morgan fingerprint density at radius 1 is 1.24 bits per heavy atom. The molecule has 0 bridgehead atoms. The lowest BCUT2D eigenvalue weighted by atomic mass is 10.1. The zero-order chi connectivity index (χ0) is 12.1. The third kappa shape index (κ3) is 3.54. The van der Waals surface area contributed by atoms with Crippen LogP contribution in [-0.4, -0.2) is 16.6 Å². The summed E-state index contributed by atoms with van der Waals surface area (Å²) in [6.07, 6.45) is 2.83. The molecule has 0 spiro atoms. The van der Waals surface area contributed by atoms with E-state index in [4.69, 9.17) is 0 Å². The fourth-order valence-electron chi connectivity index (χ4n) is 1.52. The third-order valence-electron chi connectivity index (χ3n) is 2.42. The zero-order valence-electron chi connectivity index (χ0n) is 9.18. The van der Waals surface area contributed by atoms with E-state index in [0.717, 1.165) is 15.7 Å². The van der Waals surface area contributed by atoms with Crippen molar-refractivity contribution in [1.82, 2.24) is 4.98 Å². The Morgan fingerprint density at radius 3 is 2.71 bits per heavy atom. The quantitative estimate of drug-likeness (QED) is 0.911. The third-order valence-corrected chi connectivity index (χ3v) is 2.91. The van der Waals surface area contributed by atoms with Gasteiger partial charge in [-0.05, 0) is 35.9 Å². The minimum absolute atomic E-state index is 0.473. The lowest BCUT2D eigenvalue weighted by Gasteiger charge is -2.13. The number of nitrogens with one attached hydrogen (secondary N) is 1. The van der Waals surface area contributed by atoms with Gasteiger partial charge >= 0.3 is 0 Å². The average Bonchev–Trinajstić information content (AvgIpc) is 2.37. The first kappa shape index (κ1) is 12.1. The maximum absolute atomic E-state index is 9.95. The van der Waals surface area contributed by atoms with E-state index in [0.29, 0.717) is 6.54 Å². The number of hydrogen-bond donors (Lipinski definition) is 2. The number of aromatic nitrogens is 1. The number of pyridine rings is 1. The molecule has 1 atom stereocenters. The highest BCUT2D eigenvalue weighted by molar-refractivity contribution is 9.10. The van der Waals surface area contributed by atoms with Gasteiger partial charge in [-0.15, -0.1) is 0 Å². The molecule has 2 N–H and O–H groups in total. The number of nitrogens with zero attached hydrogens (tertiary/aromatic N) is 1. The Balaban J connectivity index is 1.95. The van der Waals surface area contributed by atoms with Gasteiger partial charge in [-0.3, -0.25) is 4.98 Å². The van der Waals surface area contributed by atoms with Gasteiger partial charge in [-0.2, -0.15) is 0 Å². The topological polar surface area (TPSA) is 45.1 Å². The molecule has 0 aliphatic rings. The van der Waals surface area contributed by atoms with Crippen LogP contribution in [-0.2, 0) is 0 Å². The number of aliphatic hydroxyl groups excluding tert-OH is 1. The second kappa shape index (κ2) is 5.80. The summed E-state index contributed by atoms with van der Waals surface area (Å²) in [7, 11) is 0. The van der Waals surface area contributed by atoms with Crippen molar-refractivity contribution in [3.05, 3.63) is 58.8 Å². The molecule has 0 radical (unpaired) electrons. The van der Waals surface area contributed by atoms with Gasteiger partial charge in [-0.1, -0.05) is 22.0 Å². The Bertz CT molecular complexity index is 476. The van der Waals surface area contributed by atoms with Crippen molar-refractivity contribution < 1.29 is 5.11 Å². The molecule has 0 aliphatic heterocycles. The van der Waals surface area contributed by atoms with Gasteiger partial charge < -0.3 is 10.4 Å². The Labute approximate surface area is 109 Å². The molecule has 1 aromatic carbocycles. The summed E-state index contributed by atoms with van der Waals surface area (Å²) in [5, 5.41) is 13.1. The van der Waals surface area contributed by atoms with E-state index in [-0.39, 0.29) is 0 Å². The van der Waals surface area contributed by atoms with E-state index in [2.05, 4.69) is 26.2 Å². The van der Waals surface area contributed by atoms with Crippen molar-refractivity contribution in [2.24, 2.45) is 0 Å². The van der Waals surface area contributed by atoms with E-state index >= 15 is 0 Å². The van der Waals surface area contributed by atoms with Crippen LogP contribution in [0.25, 0.3) is 0 Å². The van der Waals surface area contributed by atoms with Crippen LogP contribution in [0.3, 0.4) is 0 Å². The number of benzene rings is 1. The predicted molar refractivity (Wildman–Crippen MR) is 71.8 cm³/mol. The van der Waals surface area contributed by atoms with Crippen LogP contribution >= 0.6 is 15.9 Å². The number of hydrogen-bond acceptors (Lipinski definition) is 3. The highest BCUT2D eigenvalue weighted by Gasteiger charge is 2.06. The molecule has 0 aliphatic carbocycles. The van der Waals surface area contributed by atoms with Crippen molar-refractivity contribution in [1.29, 1.82) is 0 Å². The van der Waals surface area contributed by atoms with Crippen LogP contribution in [0.1, 0.15) is 11.7 Å². The summed E-state index contributed by atoms with van der Waals surface area (Å²) in [4.78, 5) is 3.92. The molecule has 17 heavy (non-hydrogen) atoms. The molecule has 0 saturated heterocycles. The standard InChI is InChI=1S/C13H13BrN2O/c14-11-2-1-3-12(8-11)16-9-13(17)10-4-6-15-7-5-10/h1-8,13,16-17H,9H2. The molecular weight excluding hydrogens is 280 g/mol. The van der Waals surface area contributed by atoms with Crippen LogP contribution in [0.4, 0.5) is 5.69 Å². The maximum Gasteiger partial charge on any atom is 0.0963 e. The zero-order valence-corrected chi connectivity index (χ0v) is 10.8. The van der Waals surface area contributed by atoms with Gasteiger partial charge in [0.15, 0.2) is 0 Å². The van der Waals surface area contributed by atoms with Crippen LogP contribution in [0, 0.1) is 0 Å². The molecule has 0 saturated carbocycles. The normalized spacial score (nSPS) is 12.1. The summed E-state index contributed by atoms with van der Waals surface area (Å²) in [5.41, 5.74) is 1.84. The van der Waals surface area contributed by atoms with Crippen molar-refractivity contribution in [3.8, 4) is 0 Å². The molecule has 1 heterocycles. The van der Waals surface area contributed by atoms with Gasteiger partial charge in [0.1, 0.15) is 0 Å². The molecule has 0 amide bonds. The lowest BCUT2D eigenvalue weighted by Crippen LogP contribution is -2.12. The Kier molecular flexibility index (Phi) is 4.12. The highest BCUT2D eigenvalue weighted by Crippen LogP contribution is 2.17. The number of anilines is 1. The van der Waals surface area contributed by atoms with Gasteiger partial charge in [0.05, 0.1) is 6.10 Å². The SMILES string of the molecule is OC(CNc1cccc(Br)c1)c1ccncc1. The first-order valence-electron chi connectivity index (χ1n) is 5.33. The molecule has 2 aromatic rings. The van der Waals surface area contributed by atoms with Crippen LogP contribution in [0.5, 0.6) is 0 Å². The molecule has 88 valence electrons. The summed E-state index contributed by atoms with van der Waals surface area (Å²) in [6, 6.07) is 11.5. The smallest absolute Gasteiger partial charge is 0.0963 e. The summed E-state index contributed by atoms with van der Waals surface area (Å²) >= 11 is 3.40. The lowest BCUT2D eigenvalue weighted by molar-refractivity contribution is 0.191. The van der Waals surface area contributed by atoms with Crippen LogP contribution in [0.15, 0.2) is 53.3 Å². The van der Waals surface area contributed by atoms with E-state index < -0.39 is 6.10 Å². The molecule has 1 unspecified atom stereocenters. The second-order valence-corrected chi connectivity index (χ2v) is 4.60. The second-order valence-electron chi connectivity index (χ2n) is 3.69. The van der Waals surface area contributed by atoms with Gasteiger partial charge in [0.2, 0.25) is 0 Å². The molecule has 4 heteroatoms. The van der Waals surface area contributed by atoms with Crippen molar-refractivity contribution in [2.75, 3.05) is 11.9 Å². The van der Waals surface area contributed by atoms with E-state index in [1.54, 1.807) is 12.4 Å². The van der Waals surface area contributed by atoms with Gasteiger partial charge in [-0.25, -0.2) is 0 Å². The van der Waals surface area contributed by atoms with E-state index in [1.807, 2.05) is 36.4 Å². The minimum Gasteiger partial charge on any atom is -0.387 e. The molecular formula is C13H13BrN2O. The summed E-state index contributed by atoms with van der Waals surface area (Å²) < 4.78 is 1.01. The Hall–Kier alpha value is -1.39. The summed E-state index contributed by atoms with van der Waals surface area (Å²) in [5.74, 6) is 0. The molecule has 0 fully saturated rings. The average molecular weight is 293 g/mol. The van der Waals surface area contributed by atoms with Gasteiger partial charge in [0, 0.05) is 29.1 Å². The number of rotatable bonds is 4. The minimum atomic E-state index is -0.531. The molecule has 1 aromatic heterocycles. The number of aliphatic hydroxyl groups is 1. The van der Waals surface area contributed by atoms with Crippen molar-refractivity contribution in [3.63, 3.8) is 0 Å². The molecule has 2 rings (SSSR count). The Morgan fingerprint density at radius 2 is 2.00 bits per heavy atom.